The largest absolute Gasteiger partial charge is 0.399 e. The second-order valence-corrected chi connectivity index (χ2v) is 5.22. The Labute approximate surface area is 117 Å². The van der Waals surface area contributed by atoms with Crippen molar-refractivity contribution in [2.75, 3.05) is 5.73 Å². The molecule has 2 aromatic rings. The lowest BCUT2D eigenvalue weighted by atomic mass is 10.1. The van der Waals surface area contributed by atoms with Crippen molar-refractivity contribution < 1.29 is 4.79 Å². The van der Waals surface area contributed by atoms with Gasteiger partial charge in [0.15, 0.2) is 0 Å². The molecule has 0 saturated heterocycles. The fourth-order valence-electron chi connectivity index (χ4n) is 2.71. The van der Waals surface area contributed by atoms with Crippen molar-refractivity contribution in [3.05, 3.63) is 47.8 Å². The number of carbonyl (C=O) groups is 1. The average Bonchev–Trinajstić information content (AvgIpc) is 3.07. The maximum Gasteiger partial charge on any atom is 0.245 e. The third-order valence-corrected chi connectivity index (χ3v) is 3.86. The number of nitrogens with zero attached hydrogens (tertiary/aromatic N) is 2. The highest BCUT2D eigenvalue weighted by Crippen LogP contribution is 2.32. The molecule has 1 aliphatic rings. The second-order valence-electron chi connectivity index (χ2n) is 5.22. The van der Waals surface area contributed by atoms with E-state index in [0.717, 1.165) is 18.5 Å². The number of benzene rings is 1. The molecule has 0 aliphatic heterocycles. The molecular formula is C15H18N4O. The molecule has 2 atom stereocenters. The molecule has 3 rings (SSSR count). The van der Waals surface area contributed by atoms with Gasteiger partial charge in [-0.2, -0.15) is 5.10 Å². The summed E-state index contributed by atoms with van der Waals surface area (Å²) in [5.41, 5.74) is 8.99. The minimum Gasteiger partial charge on any atom is -0.399 e. The number of hydrogen-bond donors (Lipinski definition) is 2. The zero-order valence-corrected chi connectivity index (χ0v) is 11.4. The highest BCUT2D eigenvalue weighted by Gasteiger charge is 2.26. The van der Waals surface area contributed by atoms with E-state index in [1.54, 1.807) is 17.1 Å². The van der Waals surface area contributed by atoms with Crippen LogP contribution in [-0.2, 0) is 11.2 Å². The molecule has 1 aromatic heterocycles. The van der Waals surface area contributed by atoms with Crippen LogP contribution in [0.2, 0.25) is 0 Å². The van der Waals surface area contributed by atoms with Gasteiger partial charge in [0.2, 0.25) is 5.91 Å². The van der Waals surface area contributed by atoms with E-state index in [1.807, 2.05) is 31.2 Å². The lowest BCUT2D eigenvalue weighted by molar-refractivity contribution is -0.124. The van der Waals surface area contributed by atoms with E-state index in [0.29, 0.717) is 0 Å². The van der Waals surface area contributed by atoms with Crippen LogP contribution < -0.4 is 11.1 Å². The van der Waals surface area contributed by atoms with Gasteiger partial charge < -0.3 is 11.1 Å². The van der Waals surface area contributed by atoms with Gasteiger partial charge in [-0.25, -0.2) is 0 Å². The van der Waals surface area contributed by atoms with Gasteiger partial charge in [0.05, 0.1) is 6.04 Å². The van der Waals surface area contributed by atoms with Crippen LogP contribution in [0.4, 0.5) is 5.69 Å². The molecule has 0 fully saturated rings. The number of hydrogen-bond acceptors (Lipinski definition) is 3. The number of nitrogens with two attached hydrogens (primary N) is 1. The molecule has 1 aromatic carbocycles. The van der Waals surface area contributed by atoms with Gasteiger partial charge in [-0.05, 0) is 49.1 Å². The minimum atomic E-state index is -0.303. The number of carbonyl (C=O) groups excluding carboxylic acids is 1. The molecule has 1 amide bonds. The van der Waals surface area contributed by atoms with Gasteiger partial charge in [0.1, 0.15) is 6.04 Å². The Kier molecular flexibility index (Phi) is 3.18. The van der Waals surface area contributed by atoms with Crippen LogP contribution in [0, 0.1) is 0 Å². The third kappa shape index (κ3) is 2.27. The zero-order valence-electron chi connectivity index (χ0n) is 11.4. The maximum absolute atomic E-state index is 12.3. The third-order valence-electron chi connectivity index (χ3n) is 3.86. The first kappa shape index (κ1) is 12.7. The van der Waals surface area contributed by atoms with E-state index >= 15 is 0 Å². The van der Waals surface area contributed by atoms with E-state index in [1.165, 1.54) is 11.1 Å². The summed E-state index contributed by atoms with van der Waals surface area (Å²) in [6, 6.07) is 7.50. The molecule has 5 nitrogen and oxygen atoms in total. The predicted molar refractivity (Wildman–Crippen MR) is 77.0 cm³/mol. The lowest BCUT2D eigenvalue weighted by Gasteiger charge is -2.18. The number of fused-ring (bicyclic) bond motifs is 1. The van der Waals surface area contributed by atoms with E-state index in [9.17, 15) is 4.79 Å². The Morgan fingerprint density at radius 1 is 1.55 bits per heavy atom. The highest BCUT2D eigenvalue weighted by atomic mass is 16.2. The smallest absolute Gasteiger partial charge is 0.245 e. The molecule has 0 saturated carbocycles. The second kappa shape index (κ2) is 5.00. The van der Waals surface area contributed by atoms with Crippen LogP contribution in [0.1, 0.15) is 36.6 Å². The molecule has 3 N–H and O–H groups in total. The molecule has 0 radical (unpaired) electrons. The van der Waals surface area contributed by atoms with Crippen LogP contribution in [0.5, 0.6) is 0 Å². The fraction of sp³-hybridized carbons (Fsp3) is 0.333. The van der Waals surface area contributed by atoms with Crippen LogP contribution >= 0.6 is 0 Å². The van der Waals surface area contributed by atoms with Gasteiger partial charge in [0.25, 0.3) is 0 Å². The minimum absolute atomic E-state index is 0.0108. The first-order chi connectivity index (χ1) is 9.65. The summed E-state index contributed by atoms with van der Waals surface area (Å²) >= 11 is 0. The summed E-state index contributed by atoms with van der Waals surface area (Å²) in [5, 5.41) is 7.21. The number of aryl methyl sites for hydroxylation is 1. The van der Waals surface area contributed by atoms with Crippen LogP contribution in [0.15, 0.2) is 36.7 Å². The van der Waals surface area contributed by atoms with Crippen LogP contribution in [0.3, 0.4) is 0 Å². The van der Waals surface area contributed by atoms with Crippen molar-refractivity contribution in [1.29, 1.82) is 0 Å². The van der Waals surface area contributed by atoms with Crippen LogP contribution in [0.25, 0.3) is 0 Å². The summed E-state index contributed by atoms with van der Waals surface area (Å²) in [7, 11) is 0. The van der Waals surface area contributed by atoms with E-state index in [4.69, 9.17) is 5.73 Å². The normalized spacial score (nSPS) is 18.6. The Morgan fingerprint density at radius 2 is 2.40 bits per heavy atom. The summed E-state index contributed by atoms with van der Waals surface area (Å²) < 4.78 is 1.66. The van der Waals surface area contributed by atoms with Gasteiger partial charge >= 0.3 is 0 Å². The number of aromatic nitrogens is 2. The SMILES string of the molecule is CC(C(=O)NC1CCc2cc(N)ccc21)n1cccn1. The highest BCUT2D eigenvalue weighted by molar-refractivity contribution is 5.80. The van der Waals surface area contributed by atoms with Crippen LogP contribution in [-0.4, -0.2) is 15.7 Å². The summed E-state index contributed by atoms with van der Waals surface area (Å²) in [6.45, 7) is 1.85. The zero-order chi connectivity index (χ0) is 14.1. The molecule has 1 heterocycles. The number of nitrogen functional groups attached to an aromatic ring is 1. The number of amides is 1. The molecule has 104 valence electrons. The molecular weight excluding hydrogens is 252 g/mol. The van der Waals surface area contributed by atoms with E-state index in [-0.39, 0.29) is 18.0 Å². The molecule has 1 aliphatic carbocycles. The van der Waals surface area contributed by atoms with Gasteiger partial charge in [-0.15, -0.1) is 0 Å². The first-order valence-electron chi connectivity index (χ1n) is 6.83. The lowest BCUT2D eigenvalue weighted by Crippen LogP contribution is -2.33. The Balaban J connectivity index is 1.72. The van der Waals surface area contributed by atoms with Crippen molar-refractivity contribution in [3.8, 4) is 0 Å². The quantitative estimate of drug-likeness (QED) is 0.836. The predicted octanol–water partition coefficient (Wildman–Crippen LogP) is 1.83. The van der Waals surface area contributed by atoms with Crippen molar-refractivity contribution in [2.45, 2.75) is 31.8 Å². The number of anilines is 1. The molecule has 2 unspecified atom stereocenters. The summed E-state index contributed by atoms with van der Waals surface area (Å²) in [6.07, 6.45) is 5.36. The number of nitrogens with one attached hydrogen (secondary N) is 1. The molecule has 0 bridgehead atoms. The molecule has 5 heteroatoms. The van der Waals surface area contributed by atoms with Crippen molar-refractivity contribution >= 4 is 11.6 Å². The van der Waals surface area contributed by atoms with Gasteiger partial charge in [0, 0.05) is 18.1 Å². The Morgan fingerprint density at radius 3 is 3.15 bits per heavy atom. The fourth-order valence-corrected chi connectivity index (χ4v) is 2.71. The molecule has 0 spiro atoms. The van der Waals surface area contributed by atoms with E-state index in [2.05, 4.69) is 10.4 Å². The van der Waals surface area contributed by atoms with E-state index < -0.39 is 0 Å². The van der Waals surface area contributed by atoms with Gasteiger partial charge in [-0.1, -0.05) is 6.07 Å². The van der Waals surface area contributed by atoms with Crippen molar-refractivity contribution in [1.82, 2.24) is 15.1 Å². The Bertz CT molecular complexity index is 621. The topological polar surface area (TPSA) is 72.9 Å². The summed E-state index contributed by atoms with van der Waals surface area (Å²) in [5.74, 6) is -0.0108. The van der Waals surface area contributed by atoms with Gasteiger partial charge in [-0.3, -0.25) is 9.48 Å². The standard InChI is InChI=1S/C15H18N4O/c1-10(19-8-2-7-17-19)15(20)18-14-6-3-11-9-12(16)4-5-13(11)14/h2,4-5,7-10,14H,3,6,16H2,1H3,(H,18,20). The average molecular weight is 270 g/mol. The Hall–Kier alpha value is -2.30. The molecule has 20 heavy (non-hydrogen) atoms. The van der Waals surface area contributed by atoms with Crippen molar-refractivity contribution in [3.63, 3.8) is 0 Å². The summed E-state index contributed by atoms with van der Waals surface area (Å²) in [4.78, 5) is 12.3. The number of rotatable bonds is 3. The first-order valence-corrected chi connectivity index (χ1v) is 6.83. The van der Waals surface area contributed by atoms with Crippen molar-refractivity contribution in [2.24, 2.45) is 0 Å². The monoisotopic (exact) mass is 270 g/mol. The maximum atomic E-state index is 12.3.